The Morgan fingerprint density at radius 3 is 3.10 bits per heavy atom. The summed E-state index contributed by atoms with van der Waals surface area (Å²) in [5.74, 6) is 0.346. The molecule has 1 aliphatic rings. The molecule has 2 aromatic rings. The van der Waals surface area contributed by atoms with Crippen LogP contribution in [0.3, 0.4) is 0 Å². The zero-order valence-corrected chi connectivity index (χ0v) is 12.9. The molecule has 0 radical (unpaired) electrons. The molecule has 1 atom stereocenters. The van der Waals surface area contributed by atoms with Crippen molar-refractivity contribution in [2.24, 2.45) is 0 Å². The predicted molar refractivity (Wildman–Crippen MR) is 80.2 cm³/mol. The van der Waals surface area contributed by atoms with Crippen LogP contribution in [0.4, 0.5) is 0 Å². The van der Waals surface area contributed by atoms with Gasteiger partial charge in [0.2, 0.25) is 0 Å². The van der Waals surface area contributed by atoms with Gasteiger partial charge in [-0.15, -0.1) is 11.3 Å². The highest BCUT2D eigenvalue weighted by Crippen LogP contribution is 2.38. The first-order chi connectivity index (χ1) is 10.2. The Morgan fingerprint density at radius 2 is 2.33 bits per heavy atom. The van der Waals surface area contributed by atoms with Gasteiger partial charge in [-0.3, -0.25) is 4.79 Å². The van der Waals surface area contributed by atoms with Crippen molar-refractivity contribution in [3.8, 4) is 10.7 Å². The van der Waals surface area contributed by atoms with Crippen LogP contribution < -0.4 is 0 Å². The molecule has 0 amide bonds. The molecule has 0 spiro atoms. The number of fused-ring (bicyclic) bond motifs is 1. The summed E-state index contributed by atoms with van der Waals surface area (Å²) in [5.41, 5.74) is 1.71. The highest BCUT2D eigenvalue weighted by atomic mass is 32.1. The molecule has 110 valence electrons. The third-order valence-electron chi connectivity index (χ3n) is 3.52. The fraction of sp³-hybridized carbons (Fsp3) is 0.467. The van der Waals surface area contributed by atoms with Crippen LogP contribution >= 0.6 is 11.3 Å². The van der Waals surface area contributed by atoms with E-state index in [0.29, 0.717) is 6.61 Å². The lowest BCUT2D eigenvalue weighted by molar-refractivity contribution is -0.145. The maximum absolute atomic E-state index is 12.1. The molecule has 0 bridgehead atoms. The number of esters is 1. The van der Waals surface area contributed by atoms with Crippen molar-refractivity contribution in [3.05, 3.63) is 28.7 Å². The normalized spacial score (nSPS) is 17.3. The summed E-state index contributed by atoms with van der Waals surface area (Å²) in [7, 11) is 0. The molecule has 0 saturated carbocycles. The Bertz CT molecular complexity index is 669. The summed E-state index contributed by atoms with van der Waals surface area (Å²) in [6.07, 6.45) is 4.53. The van der Waals surface area contributed by atoms with E-state index in [1.165, 1.54) is 4.88 Å². The van der Waals surface area contributed by atoms with E-state index in [4.69, 9.17) is 4.74 Å². The number of thiazole rings is 1. The van der Waals surface area contributed by atoms with Crippen LogP contribution in [0.5, 0.6) is 0 Å². The number of aromatic nitrogens is 3. The number of carbonyl (C=O) groups excluding carboxylic acids is 1. The van der Waals surface area contributed by atoms with Crippen molar-refractivity contribution in [3.63, 3.8) is 0 Å². The average molecular weight is 303 g/mol. The summed E-state index contributed by atoms with van der Waals surface area (Å²) in [6, 6.07) is 1.86. The average Bonchev–Trinajstić information content (AvgIpc) is 2.91. The standard InChI is InChI=1S/C15H17N3O2S/c1-3-20-15(19)10-5-4-6-12-13(10)18-14(21-12)11-7-8-16-9(2)17-11/h7-8,10H,3-6H2,1-2H3. The monoisotopic (exact) mass is 303 g/mol. The van der Waals surface area contributed by atoms with Gasteiger partial charge in [-0.25, -0.2) is 15.0 Å². The summed E-state index contributed by atoms with van der Waals surface area (Å²) >= 11 is 1.63. The summed E-state index contributed by atoms with van der Waals surface area (Å²) in [4.78, 5) is 26.5. The molecule has 0 saturated heterocycles. The minimum absolute atomic E-state index is 0.158. The van der Waals surface area contributed by atoms with Crippen LogP contribution in [-0.4, -0.2) is 27.5 Å². The van der Waals surface area contributed by atoms with Crippen molar-refractivity contribution >= 4 is 17.3 Å². The maximum Gasteiger partial charge on any atom is 0.315 e. The fourth-order valence-corrected chi connectivity index (χ4v) is 3.71. The van der Waals surface area contributed by atoms with E-state index >= 15 is 0 Å². The van der Waals surface area contributed by atoms with Crippen LogP contribution in [0, 0.1) is 6.92 Å². The zero-order chi connectivity index (χ0) is 14.8. The van der Waals surface area contributed by atoms with Crippen molar-refractivity contribution in [2.75, 3.05) is 6.61 Å². The van der Waals surface area contributed by atoms with E-state index in [1.807, 2.05) is 19.9 Å². The van der Waals surface area contributed by atoms with Gasteiger partial charge in [0.1, 0.15) is 22.4 Å². The summed E-state index contributed by atoms with van der Waals surface area (Å²) in [6.45, 7) is 4.10. The number of aryl methyl sites for hydroxylation is 2. The lowest BCUT2D eigenvalue weighted by atomic mass is 9.91. The fourth-order valence-electron chi connectivity index (χ4n) is 2.58. The van der Waals surface area contributed by atoms with Crippen LogP contribution in [0.15, 0.2) is 12.3 Å². The summed E-state index contributed by atoms with van der Waals surface area (Å²) in [5, 5.41) is 0.863. The number of rotatable bonds is 3. The lowest BCUT2D eigenvalue weighted by Gasteiger charge is -2.19. The van der Waals surface area contributed by atoms with Gasteiger partial charge in [0.25, 0.3) is 0 Å². The number of carbonyl (C=O) groups is 1. The molecule has 1 unspecified atom stereocenters. The molecule has 21 heavy (non-hydrogen) atoms. The first-order valence-electron chi connectivity index (χ1n) is 7.15. The Kier molecular flexibility index (Phi) is 3.96. The van der Waals surface area contributed by atoms with Gasteiger partial charge >= 0.3 is 5.97 Å². The first kappa shape index (κ1) is 14.1. The third-order valence-corrected chi connectivity index (χ3v) is 4.67. The molecule has 5 nitrogen and oxygen atoms in total. The zero-order valence-electron chi connectivity index (χ0n) is 12.1. The van der Waals surface area contributed by atoms with Gasteiger partial charge in [-0.05, 0) is 39.2 Å². The first-order valence-corrected chi connectivity index (χ1v) is 7.97. The number of nitrogens with zero attached hydrogens (tertiary/aromatic N) is 3. The minimum Gasteiger partial charge on any atom is -0.465 e. The molecule has 2 aromatic heterocycles. The maximum atomic E-state index is 12.1. The van der Waals surface area contributed by atoms with Crippen molar-refractivity contribution in [1.82, 2.24) is 15.0 Å². The van der Waals surface area contributed by atoms with E-state index in [0.717, 1.165) is 41.5 Å². The minimum atomic E-state index is -0.221. The summed E-state index contributed by atoms with van der Waals surface area (Å²) < 4.78 is 5.17. The lowest BCUT2D eigenvalue weighted by Crippen LogP contribution is -2.20. The highest BCUT2D eigenvalue weighted by Gasteiger charge is 2.31. The molecule has 2 heterocycles. The van der Waals surface area contributed by atoms with Crippen LogP contribution in [-0.2, 0) is 16.0 Å². The number of hydrogen-bond donors (Lipinski definition) is 0. The largest absolute Gasteiger partial charge is 0.465 e. The second kappa shape index (κ2) is 5.89. The Hall–Kier alpha value is -1.82. The van der Waals surface area contributed by atoms with Gasteiger partial charge in [0, 0.05) is 11.1 Å². The highest BCUT2D eigenvalue weighted by molar-refractivity contribution is 7.15. The molecular weight excluding hydrogens is 286 g/mol. The third kappa shape index (κ3) is 2.81. The van der Waals surface area contributed by atoms with E-state index in [-0.39, 0.29) is 11.9 Å². The Balaban J connectivity index is 1.96. The van der Waals surface area contributed by atoms with E-state index < -0.39 is 0 Å². The smallest absolute Gasteiger partial charge is 0.315 e. The second-order valence-corrected chi connectivity index (χ2v) is 6.10. The number of ether oxygens (including phenoxy) is 1. The topological polar surface area (TPSA) is 65.0 Å². The molecule has 0 aromatic carbocycles. The Labute approximate surface area is 127 Å². The van der Waals surface area contributed by atoms with Crippen LogP contribution in [0.25, 0.3) is 10.7 Å². The molecule has 0 aliphatic heterocycles. The molecular formula is C15H17N3O2S. The Morgan fingerprint density at radius 1 is 1.48 bits per heavy atom. The van der Waals surface area contributed by atoms with Crippen LogP contribution in [0.1, 0.15) is 42.1 Å². The predicted octanol–water partition coefficient (Wildman–Crippen LogP) is 2.89. The van der Waals surface area contributed by atoms with E-state index in [1.54, 1.807) is 17.5 Å². The van der Waals surface area contributed by atoms with E-state index in [2.05, 4.69) is 15.0 Å². The van der Waals surface area contributed by atoms with Gasteiger partial charge in [-0.2, -0.15) is 0 Å². The SMILES string of the molecule is CCOC(=O)C1CCCc2sc(-c3ccnc(C)n3)nc21. The molecule has 0 N–H and O–H groups in total. The van der Waals surface area contributed by atoms with Crippen molar-refractivity contribution < 1.29 is 9.53 Å². The van der Waals surface area contributed by atoms with Crippen LogP contribution in [0.2, 0.25) is 0 Å². The van der Waals surface area contributed by atoms with Gasteiger partial charge in [-0.1, -0.05) is 0 Å². The van der Waals surface area contributed by atoms with Gasteiger partial charge in [0.05, 0.1) is 12.3 Å². The van der Waals surface area contributed by atoms with E-state index in [9.17, 15) is 4.79 Å². The quantitative estimate of drug-likeness (QED) is 0.816. The second-order valence-electron chi connectivity index (χ2n) is 5.01. The van der Waals surface area contributed by atoms with Gasteiger partial charge in [0.15, 0.2) is 0 Å². The van der Waals surface area contributed by atoms with Gasteiger partial charge < -0.3 is 4.74 Å². The molecule has 3 rings (SSSR count). The molecule has 0 fully saturated rings. The van der Waals surface area contributed by atoms with Crippen molar-refractivity contribution in [1.29, 1.82) is 0 Å². The molecule has 1 aliphatic carbocycles. The molecule has 6 heteroatoms. The number of hydrogen-bond acceptors (Lipinski definition) is 6. The van der Waals surface area contributed by atoms with Crippen molar-refractivity contribution in [2.45, 2.75) is 39.0 Å².